The molecule has 3 atom stereocenters. The summed E-state index contributed by atoms with van der Waals surface area (Å²) in [5.74, 6) is -1.28. The van der Waals surface area contributed by atoms with Crippen LogP contribution in [0.15, 0.2) is 29.2 Å². The van der Waals surface area contributed by atoms with Gasteiger partial charge in [-0.3, -0.25) is 8.98 Å². The summed E-state index contributed by atoms with van der Waals surface area (Å²) in [6.07, 6.45) is -1.84. The van der Waals surface area contributed by atoms with E-state index in [9.17, 15) is 22.8 Å². The molecule has 194 valence electrons. The first-order chi connectivity index (χ1) is 15.9. The summed E-state index contributed by atoms with van der Waals surface area (Å²) in [6.45, 7) is 10.2. The van der Waals surface area contributed by atoms with E-state index in [0.29, 0.717) is 0 Å². The van der Waals surface area contributed by atoms with Gasteiger partial charge in [0.25, 0.3) is 10.1 Å². The fraction of sp³-hybridized carbons (Fsp3) is 0.609. The van der Waals surface area contributed by atoms with Crippen LogP contribution >= 0.6 is 0 Å². The van der Waals surface area contributed by atoms with Crippen molar-refractivity contribution in [2.75, 3.05) is 13.7 Å². The van der Waals surface area contributed by atoms with Gasteiger partial charge in [0.15, 0.2) is 0 Å². The Morgan fingerprint density at radius 2 is 1.66 bits per heavy atom. The van der Waals surface area contributed by atoms with E-state index in [-0.39, 0.29) is 17.9 Å². The van der Waals surface area contributed by atoms with Crippen LogP contribution in [0.25, 0.3) is 0 Å². The van der Waals surface area contributed by atoms with Crippen LogP contribution in [0.1, 0.15) is 48.0 Å². The monoisotopic (exact) mass is 510 g/mol. The average Bonchev–Trinajstić information content (AvgIpc) is 3.12. The predicted octanol–water partition coefficient (Wildman–Crippen LogP) is 0.732. The number of hydrogen-bond donors (Lipinski definition) is 1. The number of benzene rings is 1. The zero-order chi connectivity index (χ0) is 26.8. The highest BCUT2D eigenvalue weighted by Gasteiger charge is 2.47. The molecule has 1 fully saturated rings. The summed E-state index contributed by atoms with van der Waals surface area (Å²) in [7, 11) is -1.12. The molecule has 35 heavy (non-hydrogen) atoms. The van der Waals surface area contributed by atoms with Gasteiger partial charge < -0.3 is 19.7 Å². The lowest BCUT2D eigenvalue weighted by atomic mass is 9.85. The van der Waals surface area contributed by atoms with Crippen molar-refractivity contribution in [3.8, 4) is 0 Å². The summed E-state index contributed by atoms with van der Waals surface area (Å²) in [5.41, 5.74) is -0.638. The summed E-state index contributed by atoms with van der Waals surface area (Å²) >= 11 is 0. The third-order valence-corrected chi connectivity index (χ3v) is 6.74. The Bertz CT molecular complexity index is 1040. The van der Waals surface area contributed by atoms with E-state index >= 15 is 0 Å². The molecule has 1 N–H and O–H groups in total. The number of hydrogen-bond acceptors (Lipinski definition) is 8. The molecule has 1 aliphatic rings. The number of alkyl carbamates (subject to hydrolysis) is 1. The van der Waals surface area contributed by atoms with Gasteiger partial charge in [-0.05, 0) is 38.3 Å². The molecule has 1 aromatic carbocycles. The highest BCUT2D eigenvalue weighted by Crippen LogP contribution is 2.29. The summed E-state index contributed by atoms with van der Waals surface area (Å²) in [5, 5.41) is 2.60. The Hall–Kier alpha value is -2.60. The minimum absolute atomic E-state index is 0.0262. The molecule has 12 heteroatoms. The molecule has 0 spiro atoms. The van der Waals surface area contributed by atoms with Crippen molar-refractivity contribution in [1.82, 2.24) is 10.2 Å². The van der Waals surface area contributed by atoms with E-state index in [2.05, 4.69) is 5.32 Å². The Morgan fingerprint density at radius 3 is 2.14 bits per heavy atom. The lowest BCUT2D eigenvalue weighted by molar-refractivity contribution is -0.152. The first kappa shape index (κ1) is 28.6. The van der Waals surface area contributed by atoms with Crippen LogP contribution < -0.4 is 10.8 Å². The smallest absolute Gasteiger partial charge is 0.408 e. The average molecular weight is 510 g/mol. The number of carbonyl (C=O) groups excluding carboxylic acids is 3. The SMILES string of the molecule is Bc1ccc(S(=O)(=O)O[C@H]2C[C@@H](C(=O)OC)N(C(=O)[C@@H](NC(=O)OC(C)(C)C)C(C)(C)C)C2)cc1. The number of likely N-dealkylation sites (tertiary alicyclic amines) is 1. The second kappa shape index (κ2) is 10.6. The lowest BCUT2D eigenvalue weighted by Crippen LogP contribution is -2.57. The summed E-state index contributed by atoms with van der Waals surface area (Å²) < 4.78 is 41.1. The highest BCUT2D eigenvalue weighted by atomic mass is 32.2. The predicted molar refractivity (Wildman–Crippen MR) is 131 cm³/mol. The van der Waals surface area contributed by atoms with Crippen LogP contribution in [0.4, 0.5) is 4.79 Å². The molecule has 1 aromatic rings. The zero-order valence-electron chi connectivity index (χ0n) is 21.6. The van der Waals surface area contributed by atoms with Crippen molar-refractivity contribution >= 4 is 41.4 Å². The van der Waals surface area contributed by atoms with Crippen molar-refractivity contribution in [2.24, 2.45) is 5.41 Å². The molecule has 0 radical (unpaired) electrons. The number of carbonyl (C=O) groups is 3. The highest BCUT2D eigenvalue weighted by molar-refractivity contribution is 7.86. The van der Waals surface area contributed by atoms with Gasteiger partial charge in [-0.2, -0.15) is 8.42 Å². The van der Waals surface area contributed by atoms with Gasteiger partial charge in [0.1, 0.15) is 25.5 Å². The van der Waals surface area contributed by atoms with E-state index < -0.39 is 57.3 Å². The maximum absolute atomic E-state index is 13.6. The number of rotatable bonds is 6. The number of ether oxygens (including phenoxy) is 2. The van der Waals surface area contributed by atoms with Crippen LogP contribution in [0.2, 0.25) is 0 Å². The zero-order valence-corrected chi connectivity index (χ0v) is 22.4. The number of nitrogens with zero attached hydrogens (tertiary/aromatic N) is 1. The van der Waals surface area contributed by atoms with Crippen molar-refractivity contribution < 1.29 is 36.5 Å². The minimum atomic E-state index is -4.13. The minimum Gasteiger partial charge on any atom is -0.467 e. The van der Waals surface area contributed by atoms with Crippen LogP contribution in [0.5, 0.6) is 0 Å². The van der Waals surface area contributed by atoms with Gasteiger partial charge in [0.05, 0.1) is 18.1 Å². The molecule has 2 amide bonds. The topological polar surface area (TPSA) is 128 Å². The summed E-state index contributed by atoms with van der Waals surface area (Å²) in [4.78, 5) is 39.7. The quantitative estimate of drug-likeness (QED) is 0.337. The first-order valence-electron chi connectivity index (χ1n) is 11.3. The van der Waals surface area contributed by atoms with Gasteiger partial charge in [0.2, 0.25) is 5.91 Å². The number of amides is 2. The standard InChI is InChI=1S/C23H35BN2O8S/c1-22(2,3)18(25-21(29)33-23(4,5)6)19(27)26-13-15(12-17(26)20(28)32-7)34-35(30,31)16-10-8-14(24)9-11-16/h8-11,15,17-18H,12-13,24H2,1-7H3,(H,25,29)/t15-,17-,18+/m0/s1. The van der Waals surface area contributed by atoms with Gasteiger partial charge in [-0.1, -0.05) is 38.4 Å². The van der Waals surface area contributed by atoms with Crippen molar-refractivity contribution in [1.29, 1.82) is 0 Å². The fourth-order valence-corrected chi connectivity index (χ4v) is 4.73. The van der Waals surface area contributed by atoms with Crippen LogP contribution in [0.3, 0.4) is 0 Å². The molecule has 0 unspecified atom stereocenters. The summed E-state index contributed by atoms with van der Waals surface area (Å²) in [6, 6.07) is 4.03. The third kappa shape index (κ3) is 7.69. The fourth-order valence-electron chi connectivity index (χ4n) is 3.65. The lowest BCUT2D eigenvalue weighted by Gasteiger charge is -2.35. The second-order valence-electron chi connectivity index (χ2n) is 10.7. The number of methoxy groups -OCH3 is 1. The van der Waals surface area contributed by atoms with Crippen molar-refractivity contribution in [2.45, 2.75) is 76.6 Å². The third-order valence-electron chi connectivity index (χ3n) is 5.37. The molecular formula is C23H35BN2O8S. The molecule has 0 bridgehead atoms. The molecule has 1 heterocycles. The largest absolute Gasteiger partial charge is 0.467 e. The van der Waals surface area contributed by atoms with Crippen LogP contribution in [-0.2, 0) is 33.4 Å². The molecule has 10 nitrogen and oxygen atoms in total. The maximum atomic E-state index is 13.6. The van der Waals surface area contributed by atoms with E-state index in [1.165, 1.54) is 24.1 Å². The Balaban J connectivity index is 2.29. The van der Waals surface area contributed by atoms with Gasteiger partial charge in [-0.15, -0.1) is 0 Å². The molecule has 2 rings (SSSR count). The molecule has 1 saturated heterocycles. The molecular weight excluding hydrogens is 475 g/mol. The van der Waals surface area contributed by atoms with Gasteiger partial charge in [0, 0.05) is 13.0 Å². The Labute approximate surface area is 208 Å². The normalized spacial score (nSPS) is 19.7. The molecule has 0 aliphatic carbocycles. The van der Waals surface area contributed by atoms with Gasteiger partial charge in [-0.25, -0.2) is 9.59 Å². The number of esters is 1. The van der Waals surface area contributed by atoms with E-state index in [1.807, 2.05) is 7.85 Å². The van der Waals surface area contributed by atoms with Crippen LogP contribution in [-0.4, -0.2) is 76.6 Å². The van der Waals surface area contributed by atoms with Crippen molar-refractivity contribution in [3.63, 3.8) is 0 Å². The molecule has 0 aromatic heterocycles. The van der Waals surface area contributed by atoms with Crippen LogP contribution in [0, 0.1) is 5.41 Å². The second-order valence-corrected chi connectivity index (χ2v) is 12.3. The van der Waals surface area contributed by atoms with E-state index in [1.54, 1.807) is 53.7 Å². The van der Waals surface area contributed by atoms with E-state index in [4.69, 9.17) is 13.7 Å². The Kier molecular flexibility index (Phi) is 8.65. The maximum Gasteiger partial charge on any atom is 0.408 e. The number of nitrogens with one attached hydrogen (secondary N) is 1. The molecule has 1 aliphatic heterocycles. The van der Waals surface area contributed by atoms with Crippen molar-refractivity contribution in [3.05, 3.63) is 24.3 Å². The Morgan fingerprint density at radius 1 is 1.09 bits per heavy atom. The van der Waals surface area contributed by atoms with E-state index in [0.717, 1.165) is 5.46 Å². The first-order valence-corrected chi connectivity index (χ1v) is 12.7. The van der Waals surface area contributed by atoms with Gasteiger partial charge >= 0.3 is 12.1 Å². The molecule has 0 saturated carbocycles.